The van der Waals surface area contributed by atoms with Crippen LogP contribution in [0.5, 0.6) is 5.75 Å². The smallest absolute Gasteiger partial charge is 0.410 e. The molecular formula is C16H20F3N3O5. The average Bonchev–Trinajstić information content (AvgIpc) is 2.60. The van der Waals surface area contributed by atoms with Crippen LogP contribution >= 0.6 is 0 Å². The Morgan fingerprint density at radius 3 is 2.26 bits per heavy atom. The van der Waals surface area contributed by atoms with Gasteiger partial charge in [0.15, 0.2) is 0 Å². The van der Waals surface area contributed by atoms with Crippen molar-refractivity contribution in [2.45, 2.75) is 50.0 Å². The van der Waals surface area contributed by atoms with E-state index < -0.39 is 35.9 Å². The molecule has 0 heterocycles. The molecule has 1 fully saturated rings. The monoisotopic (exact) mass is 391 g/mol. The summed E-state index contributed by atoms with van der Waals surface area (Å²) in [6, 6.07) is 2.41. The van der Waals surface area contributed by atoms with Crippen molar-refractivity contribution in [3.8, 4) is 5.75 Å². The minimum atomic E-state index is -4.52. The van der Waals surface area contributed by atoms with Crippen LogP contribution in [-0.4, -0.2) is 47.0 Å². The lowest BCUT2D eigenvalue weighted by atomic mass is 9.91. The van der Waals surface area contributed by atoms with Crippen LogP contribution in [0.4, 0.5) is 23.7 Å². The first kappa shape index (κ1) is 20.9. The molecule has 0 bridgehead atoms. The molecule has 3 N–H and O–H groups in total. The van der Waals surface area contributed by atoms with Gasteiger partial charge < -0.3 is 20.5 Å². The van der Waals surface area contributed by atoms with Gasteiger partial charge in [0, 0.05) is 24.2 Å². The highest BCUT2D eigenvalue weighted by atomic mass is 19.4. The van der Waals surface area contributed by atoms with Crippen LogP contribution in [0.3, 0.4) is 0 Å². The van der Waals surface area contributed by atoms with Gasteiger partial charge in [-0.05, 0) is 37.8 Å². The zero-order valence-corrected chi connectivity index (χ0v) is 14.2. The summed E-state index contributed by atoms with van der Waals surface area (Å²) in [6.45, 7) is -1.02. The van der Waals surface area contributed by atoms with Gasteiger partial charge in [0.25, 0.3) is 5.69 Å². The van der Waals surface area contributed by atoms with Crippen LogP contribution in [-0.2, 0) is 0 Å². The molecule has 1 aliphatic carbocycles. The summed E-state index contributed by atoms with van der Waals surface area (Å²) in [5.41, 5.74) is -0.131. The number of nitrogens with one attached hydrogen (secondary N) is 2. The minimum Gasteiger partial charge on any atom is -0.410 e. The summed E-state index contributed by atoms with van der Waals surface area (Å²) in [7, 11) is 0. The summed E-state index contributed by atoms with van der Waals surface area (Å²) in [6.07, 6.45) is -3.50. The molecule has 0 spiro atoms. The number of carbonyl (C=O) groups excluding carboxylic acids is 1. The summed E-state index contributed by atoms with van der Waals surface area (Å²) >= 11 is 0. The van der Waals surface area contributed by atoms with Crippen LogP contribution in [0.1, 0.15) is 25.7 Å². The predicted molar refractivity (Wildman–Crippen MR) is 88.4 cm³/mol. The Morgan fingerprint density at radius 1 is 1.22 bits per heavy atom. The van der Waals surface area contributed by atoms with E-state index in [1.165, 1.54) is 24.3 Å². The van der Waals surface area contributed by atoms with Gasteiger partial charge in [0.1, 0.15) is 11.8 Å². The first-order chi connectivity index (χ1) is 12.7. The lowest BCUT2D eigenvalue weighted by Gasteiger charge is -2.32. The van der Waals surface area contributed by atoms with Crippen molar-refractivity contribution < 1.29 is 32.7 Å². The number of ether oxygens (including phenoxy) is 1. The van der Waals surface area contributed by atoms with Crippen LogP contribution in [0.25, 0.3) is 0 Å². The van der Waals surface area contributed by atoms with E-state index in [1.54, 1.807) is 0 Å². The summed E-state index contributed by atoms with van der Waals surface area (Å²) in [5.74, 6) is 0.143. The second kappa shape index (κ2) is 9.00. The Kier molecular flexibility index (Phi) is 6.97. The van der Waals surface area contributed by atoms with Gasteiger partial charge in [-0.25, -0.2) is 4.79 Å². The lowest BCUT2D eigenvalue weighted by Crippen LogP contribution is -2.52. The summed E-state index contributed by atoms with van der Waals surface area (Å²) in [5, 5.41) is 24.5. The Labute approximate surface area is 152 Å². The fraction of sp³-hybridized carbons (Fsp3) is 0.562. The number of aliphatic hydroxyl groups excluding tert-OH is 1. The number of amides is 1. The predicted octanol–water partition coefficient (Wildman–Crippen LogP) is 2.51. The molecular weight excluding hydrogens is 371 g/mol. The minimum absolute atomic E-state index is 0.131. The van der Waals surface area contributed by atoms with Crippen molar-refractivity contribution >= 4 is 11.8 Å². The largest absolute Gasteiger partial charge is 0.412 e. The quantitative estimate of drug-likeness (QED) is 0.507. The number of aliphatic hydroxyl groups is 1. The number of benzene rings is 1. The summed E-state index contributed by atoms with van der Waals surface area (Å²) in [4.78, 5) is 21.9. The molecule has 1 aromatic rings. The van der Waals surface area contributed by atoms with E-state index in [0.717, 1.165) is 0 Å². The molecule has 8 nitrogen and oxygen atoms in total. The topological polar surface area (TPSA) is 114 Å². The molecule has 1 atom stereocenters. The van der Waals surface area contributed by atoms with Crippen molar-refractivity contribution in [1.29, 1.82) is 0 Å². The highest BCUT2D eigenvalue weighted by molar-refractivity contribution is 5.70. The molecule has 1 aliphatic rings. The molecule has 0 saturated heterocycles. The van der Waals surface area contributed by atoms with Gasteiger partial charge in [-0.3, -0.25) is 10.1 Å². The van der Waals surface area contributed by atoms with Crippen LogP contribution in [0.15, 0.2) is 24.3 Å². The highest BCUT2D eigenvalue weighted by Crippen LogP contribution is 2.24. The van der Waals surface area contributed by atoms with E-state index >= 15 is 0 Å². The molecule has 1 saturated carbocycles. The average molecular weight is 391 g/mol. The summed E-state index contributed by atoms with van der Waals surface area (Å²) < 4.78 is 43.0. The van der Waals surface area contributed by atoms with E-state index in [2.05, 4.69) is 10.6 Å². The third-order valence-corrected chi connectivity index (χ3v) is 4.32. The molecule has 1 aromatic carbocycles. The number of rotatable bonds is 6. The zero-order valence-electron chi connectivity index (χ0n) is 14.2. The Balaban J connectivity index is 1.76. The lowest BCUT2D eigenvalue weighted by molar-refractivity contribution is -0.384. The standard InChI is InChI=1S/C16H20F3N3O5/c17-16(18,19)14(9-23)20-10-1-3-11(4-2-10)21-15(24)27-13-7-5-12(6-8-13)22(25)26/h5-8,10-11,14,20,23H,1-4,9H2,(H,21,24). The van der Waals surface area contributed by atoms with Crippen molar-refractivity contribution in [3.05, 3.63) is 34.4 Å². The molecule has 1 unspecified atom stereocenters. The number of hydrogen-bond donors (Lipinski definition) is 3. The number of alkyl halides is 3. The number of non-ortho nitro benzene ring substituents is 1. The van der Waals surface area contributed by atoms with Crippen molar-refractivity contribution in [2.75, 3.05) is 6.61 Å². The van der Waals surface area contributed by atoms with Gasteiger partial charge >= 0.3 is 12.3 Å². The van der Waals surface area contributed by atoms with Gasteiger partial charge in [0.2, 0.25) is 0 Å². The van der Waals surface area contributed by atoms with E-state index in [9.17, 15) is 28.1 Å². The zero-order chi connectivity index (χ0) is 20.0. The second-order valence-corrected chi connectivity index (χ2v) is 6.28. The SMILES string of the molecule is O=C(NC1CCC(NC(CO)C(F)(F)F)CC1)Oc1ccc([N+](=O)[O-])cc1. The van der Waals surface area contributed by atoms with E-state index in [-0.39, 0.29) is 17.5 Å². The molecule has 150 valence electrons. The van der Waals surface area contributed by atoms with E-state index in [0.29, 0.717) is 25.7 Å². The first-order valence-corrected chi connectivity index (χ1v) is 8.35. The van der Waals surface area contributed by atoms with Gasteiger partial charge in [-0.2, -0.15) is 13.2 Å². The highest BCUT2D eigenvalue weighted by Gasteiger charge is 2.40. The Morgan fingerprint density at radius 2 is 1.78 bits per heavy atom. The number of nitro benzene ring substituents is 1. The number of halogens is 3. The molecule has 0 radical (unpaired) electrons. The van der Waals surface area contributed by atoms with Gasteiger partial charge in [0.05, 0.1) is 11.5 Å². The molecule has 0 aromatic heterocycles. The number of nitrogens with zero attached hydrogens (tertiary/aromatic N) is 1. The van der Waals surface area contributed by atoms with E-state index in [1.807, 2.05) is 0 Å². The third kappa shape index (κ3) is 6.36. The normalized spacial score (nSPS) is 21.3. The molecule has 11 heteroatoms. The second-order valence-electron chi connectivity index (χ2n) is 6.28. The van der Waals surface area contributed by atoms with Gasteiger partial charge in [-0.15, -0.1) is 0 Å². The maximum Gasteiger partial charge on any atom is 0.412 e. The number of carbonyl (C=O) groups is 1. The van der Waals surface area contributed by atoms with Crippen molar-refractivity contribution in [1.82, 2.24) is 10.6 Å². The van der Waals surface area contributed by atoms with Gasteiger partial charge in [-0.1, -0.05) is 0 Å². The number of nitro groups is 1. The first-order valence-electron chi connectivity index (χ1n) is 8.35. The maximum atomic E-state index is 12.7. The molecule has 1 amide bonds. The van der Waals surface area contributed by atoms with Crippen molar-refractivity contribution in [3.63, 3.8) is 0 Å². The van der Waals surface area contributed by atoms with E-state index in [4.69, 9.17) is 9.84 Å². The molecule has 0 aliphatic heterocycles. The fourth-order valence-electron chi connectivity index (χ4n) is 2.88. The van der Waals surface area contributed by atoms with Crippen molar-refractivity contribution in [2.24, 2.45) is 0 Å². The van der Waals surface area contributed by atoms with Crippen LogP contribution in [0.2, 0.25) is 0 Å². The maximum absolute atomic E-state index is 12.7. The third-order valence-electron chi connectivity index (χ3n) is 4.32. The molecule has 2 rings (SSSR count). The Hall–Kier alpha value is -2.40. The Bertz CT molecular complexity index is 646. The fourth-order valence-corrected chi connectivity index (χ4v) is 2.88. The number of hydrogen-bond acceptors (Lipinski definition) is 6. The van der Waals surface area contributed by atoms with Crippen LogP contribution < -0.4 is 15.4 Å². The van der Waals surface area contributed by atoms with Crippen LogP contribution in [0, 0.1) is 10.1 Å². The molecule has 27 heavy (non-hydrogen) atoms.